The molecule has 0 aliphatic rings. The maximum atomic E-state index is 13.5. The number of alkyl halides is 7. The summed E-state index contributed by atoms with van der Waals surface area (Å²) >= 11 is 0. The lowest BCUT2D eigenvalue weighted by molar-refractivity contribution is -0.347. The van der Waals surface area contributed by atoms with Crippen LogP contribution in [0.2, 0.25) is 0 Å². The maximum absolute atomic E-state index is 13.5. The highest BCUT2D eigenvalue weighted by molar-refractivity contribution is 7.87. The molecule has 0 aromatic heterocycles. The second-order valence-electron chi connectivity index (χ2n) is 5.64. The smallest absolute Gasteiger partial charge is 0.412 e. The minimum absolute atomic E-state index is 0.145. The molecule has 0 fully saturated rings. The summed E-state index contributed by atoms with van der Waals surface area (Å²) in [7, 11) is -6.54. The van der Waals surface area contributed by atoms with Gasteiger partial charge < -0.3 is 14.8 Å². The van der Waals surface area contributed by atoms with Crippen molar-refractivity contribution in [3.05, 3.63) is 12.7 Å². The second kappa shape index (κ2) is 9.91. The van der Waals surface area contributed by atoms with Crippen molar-refractivity contribution in [2.24, 2.45) is 0 Å². The minimum atomic E-state index is -6.54. The van der Waals surface area contributed by atoms with Gasteiger partial charge in [-0.1, -0.05) is 13.5 Å². The van der Waals surface area contributed by atoms with E-state index in [4.69, 9.17) is 4.55 Å². The fraction of sp³-hybridized carbons (Fsp3) is 0.714. The molecule has 0 saturated carbocycles. The van der Waals surface area contributed by atoms with E-state index < -0.39 is 64.6 Å². The van der Waals surface area contributed by atoms with Crippen LogP contribution < -0.4 is 5.32 Å². The summed E-state index contributed by atoms with van der Waals surface area (Å²) in [5.41, 5.74) is 0. The molecule has 176 valence electrons. The van der Waals surface area contributed by atoms with Gasteiger partial charge in [0.15, 0.2) is 0 Å². The van der Waals surface area contributed by atoms with E-state index in [0.29, 0.717) is 0 Å². The Kier molecular flexibility index (Phi) is 9.27. The van der Waals surface area contributed by atoms with Crippen LogP contribution in [0, 0.1) is 0 Å². The topological polar surface area (TPSA) is 119 Å². The average molecular weight is 477 g/mol. The van der Waals surface area contributed by atoms with Crippen LogP contribution in [0.1, 0.15) is 26.2 Å². The summed E-state index contributed by atoms with van der Waals surface area (Å²) in [6.45, 7) is 2.47. The second-order valence-corrected chi connectivity index (χ2v) is 7.11. The Bertz CT molecular complexity index is 739. The molecule has 0 aromatic carbocycles. The van der Waals surface area contributed by atoms with Gasteiger partial charge in [-0.2, -0.15) is 39.2 Å². The number of ether oxygens (including phenoxy) is 2. The van der Waals surface area contributed by atoms with Crippen LogP contribution >= 0.6 is 0 Å². The van der Waals surface area contributed by atoms with E-state index in [2.05, 4.69) is 16.1 Å². The van der Waals surface area contributed by atoms with Crippen molar-refractivity contribution in [2.75, 3.05) is 13.2 Å². The standard InChI is InChI=1S/C14H18F7NO7S/c1-3-7-22-10(24)12(13(17,18)19,29-9(23)4-2)28-8-5-6-11(15,16)14(20,21)30(25,26)27/h4H,2-3,5-8H2,1H3,(H,22,24)(H,25,26,27). The molecule has 0 aromatic rings. The molecule has 30 heavy (non-hydrogen) atoms. The van der Waals surface area contributed by atoms with Gasteiger partial charge in [-0.15, -0.1) is 0 Å². The first-order valence-electron chi connectivity index (χ1n) is 7.96. The Morgan fingerprint density at radius 2 is 1.67 bits per heavy atom. The van der Waals surface area contributed by atoms with Crippen LogP contribution in [0.25, 0.3) is 0 Å². The van der Waals surface area contributed by atoms with E-state index in [-0.39, 0.29) is 19.0 Å². The molecule has 16 heteroatoms. The molecular formula is C14H18F7NO7S. The van der Waals surface area contributed by atoms with Gasteiger partial charge >= 0.3 is 45.1 Å². The Hall–Kier alpha value is -1.94. The number of carbonyl (C=O) groups is 2. The van der Waals surface area contributed by atoms with Gasteiger partial charge in [0.1, 0.15) is 0 Å². The zero-order chi connectivity index (χ0) is 24.0. The maximum Gasteiger partial charge on any atom is 0.466 e. The number of rotatable bonds is 12. The third-order valence-electron chi connectivity index (χ3n) is 3.31. The van der Waals surface area contributed by atoms with Gasteiger partial charge in [-0.3, -0.25) is 9.35 Å². The summed E-state index contributed by atoms with van der Waals surface area (Å²) in [5, 5.41) is -4.20. The van der Waals surface area contributed by atoms with E-state index in [0.717, 1.165) is 0 Å². The zero-order valence-electron chi connectivity index (χ0n) is 15.3. The molecule has 0 aliphatic carbocycles. The number of halogens is 7. The number of hydrogen-bond donors (Lipinski definition) is 2. The highest BCUT2D eigenvalue weighted by Gasteiger charge is 2.67. The van der Waals surface area contributed by atoms with Crippen LogP contribution in [-0.4, -0.2) is 61.1 Å². The lowest BCUT2D eigenvalue weighted by Gasteiger charge is -2.33. The molecule has 1 amide bonds. The van der Waals surface area contributed by atoms with Gasteiger partial charge in [-0.25, -0.2) is 4.79 Å². The van der Waals surface area contributed by atoms with E-state index >= 15 is 0 Å². The highest BCUT2D eigenvalue weighted by atomic mass is 32.2. The van der Waals surface area contributed by atoms with Crippen LogP contribution in [0.15, 0.2) is 12.7 Å². The predicted molar refractivity (Wildman–Crippen MR) is 85.0 cm³/mol. The van der Waals surface area contributed by atoms with Crippen molar-refractivity contribution < 1.29 is 62.8 Å². The van der Waals surface area contributed by atoms with Crippen molar-refractivity contribution in [3.63, 3.8) is 0 Å². The third-order valence-corrected chi connectivity index (χ3v) is 4.26. The lowest BCUT2D eigenvalue weighted by atomic mass is 10.2. The number of carbonyl (C=O) groups excluding carboxylic acids is 2. The number of amides is 1. The SMILES string of the molecule is C=CC(=O)OC(OCCCC(F)(F)C(F)(F)S(=O)(=O)O)(C(=O)NCCC)C(F)(F)F. The molecule has 0 radical (unpaired) electrons. The first-order valence-corrected chi connectivity index (χ1v) is 9.40. The zero-order valence-corrected chi connectivity index (χ0v) is 16.1. The van der Waals surface area contributed by atoms with Crippen LogP contribution in [0.4, 0.5) is 30.7 Å². The van der Waals surface area contributed by atoms with Crippen LogP contribution in [0.3, 0.4) is 0 Å². The molecule has 1 atom stereocenters. The van der Waals surface area contributed by atoms with Crippen LogP contribution in [-0.2, 0) is 29.2 Å². The van der Waals surface area contributed by atoms with Crippen molar-refractivity contribution in [1.29, 1.82) is 0 Å². The Morgan fingerprint density at radius 1 is 1.13 bits per heavy atom. The van der Waals surface area contributed by atoms with Crippen molar-refractivity contribution >= 4 is 22.0 Å². The number of esters is 1. The van der Waals surface area contributed by atoms with Crippen molar-refractivity contribution in [2.45, 2.75) is 49.3 Å². The van der Waals surface area contributed by atoms with Crippen molar-refractivity contribution in [3.8, 4) is 0 Å². The number of hydrogen-bond acceptors (Lipinski definition) is 6. The quantitative estimate of drug-likeness (QED) is 0.111. The molecule has 8 nitrogen and oxygen atoms in total. The summed E-state index contributed by atoms with van der Waals surface area (Å²) in [6.07, 6.45) is -8.77. The third kappa shape index (κ3) is 6.28. The molecule has 0 spiro atoms. The Balaban J connectivity index is 5.61. The Labute approximate surface area is 166 Å². The molecule has 2 N–H and O–H groups in total. The molecule has 0 aliphatic heterocycles. The van der Waals surface area contributed by atoms with Gasteiger partial charge in [-0.05, 0) is 12.8 Å². The summed E-state index contributed by atoms with van der Waals surface area (Å²) < 4.78 is 131. The first-order chi connectivity index (χ1) is 13.4. The monoisotopic (exact) mass is 477 g/mol. The molecule has 1 unspecified atom stereocenters. The largest absolute Gasteiger partial charge is 0.466 e. The molecule has 0 bridgehead atoms. The molecular weight excluding hydrogens is 459 g/mol. The van der Waals surface area contributed by atoms with E-state index in [9.17, 15) is 48.7 Å². The summed E-state index contributed by atoms with van der Waals surface area (Å²) in [4.78, 5) is 23.2. The number of nitrogens with one attached hydrogen (secondary N) is 1. The fourth-order valence-electron chi connectivity index (χ4n) is 1.79. The van der Waals surface area contributed by atoms with Gasteiger partial charge in [0.2, 0.25) is 0 Å². The van der Waals surface area contributed by atoms with Crippen molar-refractivity contribution in [1.82, 2.24) is 5.32 Å². The van der Waals surface area contributed by atoms with Gasteiger partial charge in [0, 0.05) is 19.0 Å². The summed E-state index contributed by atoms with van der Waals surface area (Å²) in [5.74, 6) is -13.5. The summed E-state index contributed by atoms with van der Waals surface area (Å²) in [6, 6.07) is 0. The first kappa shape index (κ1) is 28.1. The van der Waals surface area contributed by atoms with Crippen LogP contribution in [0.5, 0.6) is 0 Å². The molecule has 0 saturated heterocycles. The Morgan fingerprint density at radius 3 is 2.07 bits per heavy atom. The molecule has 0 heterocycles. The predicted octanol–water partition coefficient (Wildman–Crippen LogP) is 2.41. The highest BCUT2D eigenvalue weighted by Crippen LogP contribution is 2.42. The lowest BCUT2D eigenvalue weighted by Crippen LogP contribution is -2.61. The fourth-order valence-corrected chi connectivity index (χ4v) is 2.27. The van der Waals surface area contributed by atoms with E-state index in [1.807, 2.05) is 0 Å². The van der Waals surface area contributed by atoms with Gasteiger partial charge in [0.25, 0.3) is 0 Å². The van der Waals surface area contributed by atoms with Gasteiger partial charge in [0.05, 0.1) is 6.61 Å². The van der Waals surface area contributed by atoms with E-state index in [1.165, 1.54) is 6.92 Å². The minimum Gasteiger partial charge on any atom is -0.412 e. The average Bonchev–Trinajstić information content (AvgIpc) is 2.59. The molecule has 0 rings (SSSR count). The van der Waals surface area contributed by atoms with E-state index in [1.54, 1.807) is 5.32 Å². The normalized spacial score (nSPS) is 15.2.